The summed E-state index contributed by atoms with van der Waals surface area (Å²) in [6, 6.07) is 7.18. The number of aliphatic hydroxyl groups is 1. The van der Waals surface area contributed by atoms with E-state index in [9.17, 15) is 9.90 Å². The highest BCUT2D eigenvalue weighted by Gasteiger charge is 2.26. The van der Waals surface area contributed by atoms with Crippen LogP contribution in [-0.4, -0.2) is 28.8 Å². The first-order valence-electron chi connectivity index (χ1n) is 8.25. The van der Waals surface area contributed by atoms with Crippen LogP contribution in [0.15, 0.2) is 28.8 Å². The average Bonchev–Trinajstić information content (AvgIpc) is 3.22. The lowest BCUT2D eigenvalue weighted by Crippen LogP contribution is -2.35. The fraction of sp³-hybridized carbons (Fsp3) is 0.444. The van der Waals surface area contributed by atoms with Crippen LogP contribution in [-0.2, 0) is 0 Å². The summed E-state index contributed by atoms with van der Waals surface area (Å²) in [6.45, 7) is 1.92. The molecule has 1 aliphatic carbocycles. The number of benzene rings is 1. The van der Waals surface area contributed by atoms with Gasteiger partial charge < -0.3 is 14.9 Å². The zero-order chi connectivity index (χ0) is 17.1. The average molecular weight is 349 g/mol. The summed E-state index contributed by atoms with van der Waals surface area (Å²) in [4.78, 5) is 12.6. The molecule has 2 aromatic rings. The van der Waals surface area contributed by atoms with E-state index in [4.69, 9.17) is 16.1 Å². The molecule has 24 heavy (non-hydrogen) atoms. The molecule has 1 fully saturated rings. The molecule has 1 atom stereocenters. The number of hydrogen-bond acceptors (Lipinski definition) is 4. The zero-order valence-electron chi connectivity index (χ0n) is 13.6. The lowest BCUT2D eigenvalue weighted by Gasteiger charge is -2.18. The summed E-state index contributed by atoms with van der Waals surface area (Å²) >= 11 is 6.20. The van der Waals surface area contributed by atoms with Crippen molar-refractivity contribution in [2.45, 2.75) is 38.7 Å². The van der Waals surface area contributed by atoms with Crippen molar-refractivity contribution in [1.82, 2.24) is 10.5 Å². The van der Waals surface area contributed by atoms with Crippen LogP contribution in [0.25, 0.3) is 11.3 Å². The van der Waals surface area contributed by atoms with Gasteiger partial charge in [0, 0.05) is 12.1 Å². The fourth-order valence-corrected chi connectivity index (χ4v) is 3.50. The first-order chi connectivity index (χ1) is 11.6. The number of aliphatic hydroxyl groups excluding tert-OH is 1. The summed E-state index contributed by atoms with van der Waals surface area (Å²) in [6.07, 6.45) is 3.83. The van der Waals surface area contributed by atoms with Crippen LogP contribution in [0.4, 0.5) is 0 Å². The minimum atomic E-state index is -0.514. The summed E-state index contributed by atoms with van der Waals surface area (Å²) in [5, 5.41) is 17.5. The molecule has 1 aromatic heterocycles. The van der Waals surface area contributed by atoms with Gasteiger partial charge in [-0.1, -0.05) is 47.8 Å². The van der Waals surface area contributed by atoms with Crippen LogP contribution in [0.2, 0.25) is 5.02 Å². The SMILES string of the molecule is Cc1onc(-c2ccccc2Cl)c1C(=O)NCC(O)C1CCCC1. The first-order valence-corrected chi connectivity index (χ1v) is 8.63. The summed E-state index contributed by atoms with van der Waals surface area (Å²) in [5.74, 6) is 0.399. The lowest BCUT2D eigenvalue weighted by atomic mass is 10.0. The number of hydrogen-bond donors (Lipinski definition) is 2. The molecule has 1 heterocycles. The van der Waals surface area contributed by atoms with Gasteiger partial charge >= 0.3 is 0 Å². The van der Waals surface area contributed by atoms with Crippen molar-refractivity contribution in [1.29, 1.82) is 0 Å². The topological polar surface area (TPSA) is 75.4 Å². The maximum Gasteiger partial charge on any atom is 0.257 e. The molecule has 1 unspecified atom stereocenters. The zero-order valence-corrected chi connectivity index (χ0v) is 14.3. The number of nitrogens with zero attached hydrogens (tertiary/aromatic N) is 1. The number of carbonyl (C=O) groups is 1. The van der Waals surface area contributed by atoms with Gasteiger partial charge in [0.2, 0.25) is 0 Å². The van der Waals surface area contributed by atoms with E-state index in [-0.39, 0.29) is 18.4 Å². The fourth-order valence-electron chi connectivity index (χ4n) is 3.27. The number of nitrogens with one attached hydrogen (secondary N) is 1. The van der Waals surface area contributed by atoms with Gasteiger partial charge in [0.05, 0.1) is 11.1 Å². The normalized spacial score (nSPS) is 16.3. The van der Waals surface area contributed by atoms with Gasteiger partial charge in [-0.15, -0.1) is 0 Å². The Balaban J connectivity index is 1.75. The van der Waals surface area contributed by atoms with Gasteiger partial charge in [-0.3, -0.25) is 4.79 Å². The predicted molar refractivity (Wildman–Crippen MR) is 92.0 cm³/mol. The van der Waals surface area contributed by atoms with Crippen molar-refractivity contribution in [2.75, 3.05) is 6.54 Å². The Hall–Kier alpha value is -1.85. The molecule has 1 aliphatic rings. The second kappa shape index (κ2) is 7.36. The Bertz CT molecular complexity index is 723. The number of aromatic nitrogens is 1. The van der Waals surface area contributed by atoms with Crippen molar-refractivity contribution in [2.24, 2.45) is 5.92 Å². The molecule has 5 nitrogen and oxygen atoms in total. The van der Waals surface area contributed by atoms with Crippen molar-refractivity contribution in [3.8, 4) is 11.3 Å². The third-order valence-corrected chi connectivity index (χ3v) is 4.96. The van der Waals surface area contributed by atoms with Crippen LogP contribution >= 0.6 is 11.6 Å². The Morgan fingerprint density at radius 3 is 2.83 bits per heavy atom. The van der Waals surface area contributed by atoms with Crippen molar-refractivity contribution in [3.05, 3.63) is 40.6 Å². The van der Waals surface area contributed by atoms with E-state index in [1.165, 1.54) is 0 Å². The number of rotatable bonds is 5. The Morgan fingerprint density at radius 1 is 1.42 bits per heavy atom. The standard InChI is InChI=1S/C18H21ClN2O3/c1-11-16(17(21-24-11)13-8-4-5-9-14(13)19)18(23)20-10-15(22)12-6-2-3-7-12/h4-5,8-9,12,15,22H,2-3,6-7,10H2,1H3,(H,20,23). The molecule has 3 rings (SSSR count). The summed E-state index contributed by atoms with van der Waals surface area (Å²) in [7, 11) is 0. The third-order valence-electron chi connectivity index (χ3n) is 4.63. The molecule has 1 aromatic carbocycles. The minimum Gasteiger partial charge on any atom is -0.391 e. The molecule has 0 saturated heterocycles. The largest absolute Gasteiger partial charge is 0.391 e. The van der Waals surface area contributed by atoms with E-state index >= 15 is 0 Å². The first kappa shape index (κ1) is 17.0. The van der Waals surface area contributed by atoms with Crippen molar-refractivity contribution in [3.63, 3.8) is 0 Å². The van der Waals surface area contributed by atoms with Gasteiger partial charge in [0.25, 0.3) is 5.91 Å². The molecule has 0 radical (unpaired) electrons. The lowest BCUT2D eigenvalue weighted by molar-refractivity contribution is 0.0840. The van der Waals surface area contributed by atoms with Gasteiger partial charge in [-0.2, -0.15) is 0 Å². The molecule has 0 aliphatic heterocycles. The van der Waals surface area contributed by atoms with E-state index in [0.717, 1.165) is 25.7 Å². The quantitative estimate of drug-likeness (QED) is 0.865. The highest BCUT2D eigenvalue weighted by atomic mass is 35.5. The molecular weight excluding hydrogens is 328 g/mol. The van der Waals surface area contributed by atoms with E-state index < -0.39 is 6.10 Å². The number of aryl methyl sites for hydroxylation is 1. The van der Waals surface area contributed by atoms with Crippen molar-refractivity contribution < 1.29 is 14.4 Å². The van der Waals surface area contributed by atoms with E-state index in [1.54, 1.807) is 19.1 Å². The minimum absolute atomic E-state index is 0.232. The van der Waals surface area contributed by atoms with Crippen LogP contribution in [0.3, 0.4) is 0 Å². The number of halogens is 1. The molecule has 2 N–H and O–H groups in total. The van der Waals surface area contributed by atoms with E-state index in [2.05, 4.69) is 10.5 Å². The maximum absolute atomic E-state index is 12.6. The summed E-state index contributed by atoms with van der Waals surface area (Å²) < 4.78 is 5.20. The van der Waals surface area contributed by atoms with Gasteiger partial charge in [0.1, 0.15) is 17.0 Å². The molecule has 1 saturated carbocycles. The maximum atomic E-state index is 12.6. The predicted octanol–water partition coefficient (Wildman–Crippen LogP) is 3.58. The molecular formula is C18H21ClN2O3. The Morgan fingerprint density at radius 2 is 2.12 bits per heavy atom. The molecule has 0 bridgehead atoms. The van der Waals surface area contributed by atoms with Gasteiger partial charge in [-0.05, 0) is 31.7 Å². The van der Waals surface area contributed by atoms with Gasteiger partial charge in [-0.25, -0.2) is 0 Å². The smallest absolute Gasteiger partial charge is 0.257 e. The second-order valence-electron chi connectivity index (χ2n) is 6.26. The van der Waals surface area contributed by atoms with Gasteiger partial charge in [0.15, 0.2) is 0 Å². The molecule has 1 amide bonds. The summed E-state index contributed by atoms with van der Waals surface area (Å²) in [5.41, 5.74) is 1.44. The Labute approximate surface area is 146 Å². The molecule has 6 heteroatoms. The molecule has 128 valence electrons. The van der Waals surface area contributed by atoms with Crippen LogP contribution in [0.5, 0.6) is 0 Å². The highest BCUT2D eigenvalue weighted by molar-refractivity contribution is 6.33. The third kappa shape index (κ3) is 3.47. The van der Waals surface area contributed by atoms with E-state index in [0.29, 0.717) is 27.6 Å². The highest BCUT2D eigenvalue weighted by Crippen LogP contribution is 2.31. The van der Waals surface area contributed by atoms with E-state index in [1.807, 2.05) is 12.1 Å². The number of amides is 1. The second-order valence-corrected chi connectivity index (χ2v) is 6.67. The van der Waals surface area contributed by atoms with Crippen LogP contribution in [0, 0.1) is 12.8 Å². The monoisotopic (exact) mass is 348 g/mol. The number of carbonyl (C=O) groups excluding carboxylic acids is 1. The van der Waals surface area contributed by atoms with Crippen LogP contribution in [0.1, 0.15) is 41.8 Å². The molecule has 0 spiro atoms. The van der Waals surface area contributed by atoms with Crippen molar-refractivity contribution >= 4 is 17.5 Å². The Kier molecular flexibility index (Phi) is 5.21. The van der Waals surface area contributed by atoms with Crippen LogP contribution < -0.4 is 5.32 Å².